The van der Waals surface area contributed by atoms with Gasteiger partial charge in [-0.3, -0.25) is 0 Å². The molecule has 0 bridgehead atoms. The van der Waals surface area contributed by atoms with Crippen LogP contribution in [0.2, 0.25) is 0 Å². The van der Waals surface area contributed by atoms with E-state index in [-0.39, 0.29) is 17.6 Å². The number of aryl methyl sites for hydroxylation is 2. The first-order chi connectivity index (χ1) is 6.38. The molecule has 0 spiro atoms. The molecule has 0 aliphatic carbocycles. The smallest absolute Gasteiger partial charge is 0.0613 e. The third-order valence-electron chi connectivity index (χ3n) is 1.19. The van der Waals surface area contributed by atoms with Crippen molar-refractivity contribution in [2.24, 2.45) is 0 Å². The van der Waals surface area contributed by atoms with Crippen LogP contribution in [0.4, 0.5) is 0 Å². The minimum absolute atomic E-state index is 0.0288. The molecule has 0 unspecified atom stereocenters. The Kier molecular flexibility index (Phi) is 0.729. The van der Waals surface area contributed by atoms with E-state index in [4.69, 9.17) is 6.85 Å². The Morgan fingerprint density at radius 3 is 3.11 bits per heavy atom. The van der Waals surface area contributed by atoms with Gasteiger partial charge in [-0.05, 0) is 18.8 Å². The van der Waals surface area contributed by atoms with Crippen LogP contribution in [0.5, 0.6) is 0 Å². The predicted octanol–water partition coefficient (Wildman–Crippen LogP) is 2.56. The number of benzene rings is 1. The zero-order valence-electron chi connectivity index (χ0n) is 10.4. The number of hydrogen-bond donors (Lipinski definition) is 0. The van der Waals surface area contributed by atoms with E-state index in [2.05, 4.69) is 0 Å². The summed E-state index contributed by atoms with van der Waals surface area (Å²) in [5.41, 5.74) is 0.669. The molecule has 0 aliphatic rings. The molecule has 0 radical (unpaired) electrons. The van der Waals surface area contributed by atoms with Crippen molar-refractivity contribution in [1.82, 2.24) is 0 Å². The number of rotatable bonds is 1. The maximum atomic E-state index is 7.58. The highest BCUT2D eigenvalue weighted by Crippen LogP contribution is 2.02. The van der Waals surface area contributed by atoms with Crippen molar-refractivity contribution in [2.75, 3.05) is 0 Å². The summed E-state index contributed by atoms with van der Waals surface area (Å²) in [6.07, 6.45) is 0.645. The molecular formula is C9H12. The highest BCUT2D eigenvalue weighted by atomic mass is 13.9. The lowest BCUT2D eigenvalue weighted by Crippen LogP contribution is -1.77. The summed E-state index contributed by atoms with van der Waals surface area (Å²) < 4.78 is 36.6. The molecule has 0 aliphatic heterocycles. The van der Waals surface area contributed by atoms with Gasteiger partial charge in [0.15, 0.2) is 0 Å². The van der Waals surface area contributed by atoms with Crippen LogP contribution in [0.1, 0.15) is 24.9 Å². The Labute approximate surface area is 63.6 Å². The summed E-state index contributed by atoms with van der Waals surface area (Å²) in [6, 6.07) is 2.89. The van der Waals surface area contributed by atoms with E-state index in [1.807, 2.05) is 6.92 Å². The van der Waals surface area contributed by atoms with Crippen molar-refractivity contribution < 1.29 is 6.85 Å². The van der Waals surface area contributed by atoms with Gasteiger partial charge in [-0.2, -0.15) is 0 Å². The molecule has 0 atom stereocenters. The summed E-state index contributed by atoms with van der Waals surface area (Å²) >= 11 is 0. The molecule has 0 heteroatoms. The van der Waals surface area contributed by atoms with Crippen LogP contribution < -0.4 is 0 Å². The molecule has 0 aromatic heterocycles. The highest BCUT2D eigenvalue weighted by molar-refractivity contribution is 5.20. The standard InChI is InChI=1S/C9H12/c1-3-9-6-4-8(2)5-7-9/h4-7H,3H2,1-2H3/i2D3,4D,6D. The van der Waals surface area contributed by atoms with Crippen LogP contribution in [0.15, 0.2) is 24.2 Å². The minimum atomic E-state index is -2.29. The van der Waals surface area contributed by atoms with E-state index in [9.17, 15) is 0 Å². The van der Waals surface area contributed by atoms with Crippen molar-refractivity contribution in [3.8, 4) is 0 Å². The summed E-state index contributed by atoms with van der Waals surface area (Å²) in [5.74, 6) is 0. The fourth-order valence-corrected chi connectivity index (χ4v) is 0.621. The van der Waals surface area contributed by atoms with E-state index in [1.165, 1.54) is 6.07 Å². The topological polar surface area (TPSA) is 0 Å². The molecule has 9 heavy (non-hydrogen) atoms. The first-order valence-corrected chi connectivity index (χ1v) is 2.97. The van der Waals surface area contributed by atoms with Gasteiger partial charge in [-0.15, -0.1) is 0 Å². The Morgan fingerprint density at radius 2 is 2.44 bits per heavy atom. The lowest BCUT2D eigenvalue weighted by molar-refractivity contribution is 1.14. The van der Waals surface area contributed by atoms with Crippen LogP contribution in [-0.4, -0.2) is 0 Å². The van der Waals surface area contributed by atoms with Crippen LogP contribution in [0.3, 0.4) is 0 Å². The lowest BCUT2D eigenvalue weighted by atomic mass is 10.1. The Morgan fingerprint density at radius 1 is 1.56 bits per heavy atom. The number of hydrogen-bond acceptors (Lipinski definition) is 0. The van der Waals surface area contributed by atoms with Crippen molar-refractivity contribution in [1.29, 1.82) is 0 Å². The molecule has 0 saturated heterocycles. The SMILES string of the molecule is [2H]c1c(CC)ccc(C([2H])([2H])[2H])c1[2H]. The fourth-order valence-electron chi connectivity index (χ4n) is 0.621. The maximum absolute atomic E-state index is 7.58. The highest BCUT2D eigenvalue weighted by Gasteiger charge is 1.84. The third kappa shape index (κ3) is 1.56. The molecule has 0 fully saturated rings. The molecule has 0 heterocycles. The molecule has 0 nitrogen and oxygen atoms in total. The van der Waals surface area contributed by atoms with Gasteiger partial charge < -0.3 is 0 Å². The van der Waals surface area contributed by atoms with E-state index >= 15 is 0 Å². The first-order valence-electron chi connectivity index (χ1n) is 5.47. The largest absolute Gasteiger partial charge is 0.0626 e. The van der Waals surface area contributed by atoms with Crippen LogP contribution >= 0.6 is 0 Å². The molecular weight excluding hydrogens is 108 g/mol. The van der Waals surface area contributed by atoms with Crippen molar-refractivity contribution in [3.63, 3.8) is 0 Å². The Hall–Kier alpha value is -0.780. The first kappa shape index (κ1) is 2.45. The van der Waals surface area contributed by atoms with E-state index < -0.39 is 6.85 Å². The second kappa shape index (κ2) is 2.67. The monoisotopic (exact) mass is 125 g/mol. The Balaban J connectivity index is 3.31. The zero-order chi connectivity index (χ0) is 10.9. The summed E-state index contributed by atoms with van der Waals surface area (Å²) in [4.78, 5) is 0. The van der Waals surface area contributed by atoms with E-state index in [1.54, 1.807) is 6.07 Å². The minimum Gasteiger partial charge on any atom is -0.0613 e. The second-order valence-corrected chi connectivity index (χ2v) is 1.88. The zero-order valence-corrected chi connectivity index (χ0v) is 5.36. The van der Waals surface area contributed by atoms with Gasteiger partial charge in [0.05, 0.1) is 2.74 Å². The van der Waals surface area contributed by atoms with Crippen molar-refractivity contribution in [2.45, 2.75) is 20.2 Å². The maximum Gasteiger partial charge on any atom is 0.0626 e. The van der Waals surface area contributed by atoms with Gasteiger partial charge in [0, 0.05) is 4.11 Å². The average molecular weight is 125 g/mol. The fraction of sp³-hybridized carbons (Fsp3) is 0.333. The molecule has 0 N–H and O–H groups in total. The normalized spacial score (nSPS) is 19.0. The molecule has 0 amide bonds. The summed E-state index contributed by atoms with van der Waals surface area (Å²) in [7, 11) is 0. The van der Waals surface area contributed by atoms with Crippen molar-refractivity contribution in [3.05, 3.63) is 35.3 Å². The average Bonchev–Trinajstić information content (AvgIpc) is 2.07. The summed E-state index contributed by atoms with van der Waals surface area (Å²) in [6.45, 7) is -0.416. The van der Waals surface area contributed by atoms with E-state index in [0.29, 0.717) is 12.0 Å². The molecule has 1 rings (SSSR count). The van der Waals surface area contributed by atoms with Gasteiger partial charge in [0.1, 0.15) is 0 Å². The van der Waals surface area contributed by atoms with Gasteiger partial charge in [0.2, 0.25) is 0 Å². The van der Waals surface area contributed by atoms with Gasteiger partial charge in [-0.25, -0.2) is 0 Å². The lowest BCUT2D eigenvalue weighted by Gasteiger charge is -1.94. The molecule has 1 aromatic rings. The van der Waals surface area contributed by atoms with Crippen molar-refractivity contribution >= 4 is 0 Å². The third-order valence-corrected chi connectivity index (χ3v) is 1.19. The quantitative estimate of drug-likeness (QED) is 0.541. The van der Waals surface area contributed by atoms with Gasteiger partial charge >= 0.3 is 0 Å². The molecule has 1 aromatic carbocycles. The second-order valence-electron chi connectivity index (χ2n) is 1.88. The Bertz CT molecular complexity index is 340. The van der Waals surface area contributed by atoms with E-state index in [0.717, 1.165) is 0 Å². The van der Waals surface area contributed by atoms with Gasteiger partial charge in [0.25, 0.3) is 0 Å². The van der Waals surface area contributed by atoms with Crippen LogP contribution in [0, 0.1) is 6.85 Å². The molecule has 48 valence electrons. The van der Waals surface area contributed by atoms with Gasteiger partial charge in [-0.1, -0.05) is 36.7 Å². The van der Waals surface area contributed by atoms with Crippen LogP contribution in [0.25, 0.3) is 0 Å². The van der Waals surface area contributed by atoms with Crippen LogP contribution in [-0.2, 0) is 6.42 Å². The summed E-state index contributed by atoms with van der Waals surface area (Å²) in [5, 5.41) is 0. The molecule has 0 saturated carbocycles. The predicted molar refractivity (Wildman–Crippen MR) is 40.6 cm³/mol.